The first kappa shape index (κ1) is 13.7. The first-order valence-corrected chi connectivity index (χ1v) is 5.86. The summed E-state index contributed by atoms with van der Waals surface area (Å²) in [5, 5.41) is 9.70. The summed E-state index contributed by atoms with van der Waals surface area (Å²) < 4.78 is 16.8. The van der Waals surface area contributed by atoms with E-state index in [0.29, 0.717) is 22.7 Å². The van der Waals surface area contributed by atoms with Gasteiger partial charge in [0, 0.05) is 11.5 Å². The Morgan fingerprint density at radius 1 is 1.20 bits per heavy atom. The number of fused-ring (bicyclic) bond motifs is 1. The van der Waals surface area contributed by atoms with Gasteiger partial charge in [0.15, 0.2) is 11.5 Å². The number of benzene rings is 1. The van der Waals surface area contributed by atoms with E-state index in [1.54, 1.807) is 22.8 Å². The maximum atomic E-state index is 11.8. The summed E-state index contributed by atoms with van der Waals surface area (Å²) in [5.74, 6) is 0.605. The van der Waals surface area contributed by atoms with E-state index in [-0.39, 0.29) is 6.54 Å². The third-order valence-electron chi connectivity index (χ3n) is 3.03. The van der Waals surface area contributed by atoms with Gasteiger partial charge in [-0.1, -0.05) is 0 Å². The van der Waals surface area contributed by atoms with Crippen molar-refractivity contribution < 1.29 is 19.0 Å². The summed E-state index contributed by atoms with van der Waals surface area (Å²) in [6.45, 7) is 0.0451. The second kappa shape index (κ2) is 5.53. The Hall–Kier alpha value is -2.68. The van der Waals surface area contributed by atoms with E-state index >= 15 is 0 Å². The third kappa shape index (κ3) is 2.14. The van der Waals surface area contributed by atoms with E-state index in [1.807, 2.05) is 6.07 Å². The average Bonchev–Trinajstić information content (AvgIpc) is 2.83. The number of ether oxygens (including phenoxy) is 3. The SMILES string of the molecule is COC(=O)c1cc2cc(OC)c(OC)cc2n1CC#N. The fraction of sp³-hybridized carbons (Fsp3) is 0.286. The number of hydrogen-bond acceptors (Lipinski definition) is 5. The smallest absolute Gasteiger partial charge is 0.354 e. The number of methoxy groups -OCH3 is 3. The molecule has 0 fully saturated rings. The molecular weight excluding hydrogens is 260 g/mol. The minimum absolute atomic E-state index is 0.0451. The van der Waals surface area contributed by atoms with Gasteiger partial charge in [-0.15, -0.1) is 0 Å². The molecule has 104 valence electrons. The van der Waals surface area contributed by atoms with E-state index in [0.717, 1.165) is 5.39 Å². The lowest BCUT2D eigenvalue weighted by Gasteiger charge is -2.09. The largest absolute Gasteiger partial charge is 0.493 e. The number of carbonyl (C=O) groups is 1. The first-order valence-electron chi connectivity index (χ1n) is 5.86. The highest BCUT2D eigenvalue weighted by Gasteiger charge is 2.18. The molecule has 0 aliphatic heterocycles. The van der Waals surface area contributed by atoms with Crippen LogP contribution in [0.3, 0.4) is 0 Å². The van der Waals surface area contributed by atoms with Crippen molar-refractivity contribution in [1.82, 2.24) is 4.57 Å². The molecule has 0 atom stereocenters. The second-order valence-corrected chi connectivity index (χ2v) is 4.03. The Balaban J connectivity index is 2.74. The Labute approximate surface area is 116 Å². The summed E-state index contributed by atoms with van der Waals surface area (Å²) in [6.07, 6.45) is 0. The monoisotopic (exact) mass is 274 g/mol. The summed E-state index contributed by atoms with van der Waals surface area (Å²) in [4.78, 5) is 11.8. The van der Waals surface area contributed by atoms with Gasteiger partial charge in [-0.2, -0.15) is 5.26 Å². The summed E-state index contributed by atoms with van der Waals surface area (Å²) in [6, 6.07) is 7.19. The van der Waals surface area contributed by atoms with Crippen LogP contribution in [0.1, 0.15) is 10.5 Å². The van der Waals surface area contributed by atoms with Crippen molar-refractivity contribution in [2.75, 3.05) is 21.3 Å². The molecule has 0 N–H and O–H groups in total. The van der Waals surface area contributed by atoms with Crippen molar-refractivity contribution in [2.45, 2.75) is 6.54 Å². The quantitative estimate of drug-likeness (QED) is 0.797. The van der Waals surface area contributed by atoms with Crippen LogP contribution in [0.2, 0.25) is 0 Å². The summed E-state index contributed by atoms with van der Waals surface area (Å²) in [5.41, 5.74) is 1.03. The van der Waals surface area contributed by atoms with Gasteiger partial charge in [-0.05, 0) is 12.1 Å². The molecule has 1 aromatic heterocycles. The Bertz CT molecular complexity index is 697. The number of aromatic nitrogens is 1. The van der Waals surface area contributed by atoms with Crippen LogP contribution in [-0.4, -0.2) is 31.9 Å². The lowest BCUT2D eigenvalue weighted by molar-refractivity contribution is 0.0590. The highest BCUT2D eigenvalue weighted by molar-refractivity contribution is 5.96. The van der Waals surface area contributed by atoms with E-state index in [4.69, 9.17) is 19.5 Å². The molecule has 0 amide bonds. The van der Waals surface area contributed by atoms with Crippen LogP contribution in [0, 0.1) is 11.3 Å². The number of nitriles is 1. The number of esters is 1. The van der Waals surface area contributed by atoms with Gasteiger partial charge in [0.05, 0.1) is 32.9 Å². The van der Waals surface area contributed by atoms with Gasteiger partial charge in [0.2, 0.25) is 0 Å². The molecule has 2 aromatic rings. The zero-order valence-electron chi connectivity index (χ0n) is 11.5. The average molecular weight is 274 g/mol. The van der Waals surface area contributed by atoms with Gasteiger partial charge < -0.3 is 18.8 Å². The van der Waals surface area contributed by atoms with Gasteiger partial charge in [-0.25, -0.2) is 4.79 Å². The van der Waals surface area contributed by atoms with Crippen LogP contribution in [0.25, 0.3) is 10.9 Å². The number of nitrogens with zero attached hydrogens (tertiary/aromatic N) is 2. The van der Waals surface area contributed by atoms with E-state index in [9.17, 15) is 4.79 Å². The zero-order chi connectivity index (χ0) is 14.7. The number of hydrogen-bond donors (Lipinski definition) is 0. The Kier molecular flexibility index (Phi) is 3.80. The van der Waals surface area contributed by atoms with Crippen molar-refractivity contribution in [3.63, 3.8) is 0 Å². The molecule has 0 aliphatic carbocycles. The fourth-order valence-electron chi connectivity index (χ4n) is 2.10. The van der Waals surface area contributed by atoms with E-state index < -0.39 is 5.97 Å². The third-order valence-corrected chi connectivity index (χ3v) is 3.03. The minimum atomic E-state index is -0.491. The van der Waals surface area contributed by atoms with Crippen molar-refractivity contribution >= 4 is 16.9 Å². The molecule has 0 bridgehead atoms. The van der Waals surface area contributed by atoms with Crippen molar-refractivity contribution in [3.8, 4) is 17.6 Å². The molecule has 2 rings (SSSR count). The summed E-state index contributed by atoms with van der Waals surface area (Å²) in [7, 11) is 4.37. The molecule has 0 spiro atoms. The molecule has 6 heteroatoms. The van der Waals surface area contributed by atoms with Gasteiger partial charge in [0.25, 0.3) is 0 Å². The van der Waals surface area contributed by atoms with Crippen LogP contribution < -0.4 is 9.47 Å². The molecule has 6 nitrogen and oxygen atoms in total. The Morgan fingerprint density at radius 2 is 1.85 bits per heavy atom. The van der Waals surface area contributed by atoms with Gasteiger partial charge >= 0.3 is 5.97 Å². The van der Waals surface area contributed by atoms with Crippen molar-refractivity contribution in [3.05, 3.63) is 23.9 Å². The predicted molar refractivity (Wildman–Crippen MR) is 72.0 cm³/mol. The highest BCUT2D eigenvalue weighted by Crippen LogP contribution is 2.33. The van der Waals surface area contributed by atoms with Crippen LogP contribution in [0.4, 0.5) is 0 Å². The lowest BCUT2D eigenvalue weighted by atomic mass is 10.2. The zero-order valence-corrected chi connectivity index (χ0v) is 11.5. The van der Waals surface area contributed by atoms with Crippen molar-refractivity contribution in [1.29, 1.82) is 5.26 Å². The molecule has 0 aliphatic rings. The molecule has 0 unspecified atom stereocenters. The van der Waals surface area contributed by atoms with E-state index in [2.05, 4.69) is 0 Å². The topological polar surface area (TPSA) is 73.5 Å². The molecular formula is C14H14N2O4. The first-order chi connectivity index (χ1) is 9.65. The molecule has 1 heterocycles. The fourth-order valence-corrected chi connectivity index (χ4v) is 2.10. The maximum absolute atomic E-state index is 11.8. The Morgan fingerprint density at radius 3 is 2.40 bits per heavy atom. The maximum Gasteiger partial charge on any atom is 0.354 e. The molecule has 0 saturated carbocycles. The minimum Gasteiger partial charge on any atom is -0.493 e. The second-order valence-electron chi connectivity index (χ2n) is 4.03. The van der Waals surface area contributed by atoms with Gasteiger partial charge in [0.1, 0.15) is 12.2 Å². The van der Waals surface area contributed by atoms with Crippen LogP contribution >= 0.6 is 0 Å². The van der Waals surface area contributed by atoms with Gasteiger partial charge in [-0.3, -0.25) is 0 Å². The molecule has 20 heavy (non-hydrogen) atoms. The molecule has 1 aromatic carbocycles. The highest BCUT2D eigenvalue weighted by atomic mass is 16.5. The van der Waals surface area contributed by atoms with Crippen LogP contribution in [0.15, 0.2) is 18.2 Å². The summed E-state index contributed by atoms with van der Waals surface area (Å²) >= 11 is 0. The predicted octanol–water partition coefficient (Wildman–Crippen LogP) is 1.97. The standard InChI is InChI=1S/C14H14N2O4/c1-18-12-7-9-6-11(14(17)20-3)16(5-4-15)10(9)8-13(12)19-2/h6-8H,5H2,1-3H3. The van der Waals surface area contributed by atoms with Crippen LogP contribution in [-0.2, 0) is 11.3 Å². The number of carbonyl (C=O) groups excluding carboxylic acids is 1. The lowest BCUT2D eigenvalue weighted by Crippen LogP contribution is -2.09. The van der Waals surface area contributed by atoms with Crippen LogP contribution in [0.5, 0.6) is 11.5 Å². The van der Waals surface area contributed by atoms with E-state index in [1.165, 1.54) is 21.3 Å². The molecule has 0 saturated heterocycles. The molecule has 0 radical (unpaired) electrons. The van der Waals surface area contributed by atoms with Crippen molar-refractivity contribution in [2.24, 2.45) is 0 Å². The number of rotatable bonds is 4. The normalized spacial score (nSPS) is 10.1.